The quantitative estimate of drug-likeness (QED) is 0.784. The van der Waals surface area contributed by atoms with E-state index in [0.717, 1.165) is 36.3 Å². The molecule has 0 radical (unpaired) electrons. The molecule has 5 heteroatoms. The van der Waals surface area contributed by atoms with Crippen LogP contribution < -0.4 is 10.2 Å². The van der Waals surface area contributed by atoms with E-state index in [0.29, 0.717) is 12.2 Å². The van der Waals surface area contributed by atoms with Gasteiger partial charge in [0.1, 0.15) is 5.69 Å². The number of aromatic nitrogens is 2. The summed E-state index contributed by atoms with van der Waals surface area (Å²) in [6.07, 6.45) is 7.21. The van der Waals surface area contributed by atoms with Crippen molar-refractivity contribution in [2.45, 2.75) is 19.4 Å². The van der Waals surface area contributed by atoms with Gasteiger partial charge in [-0.2, -0.15) is 0 Å². The highest BCUT2D eigenvalue weighted by Gasteiger charge is 2.24. The van der Waals surface area contributed by atoms with E-state index in [4.69, 9.17) is 0 Å². The van der Waals surface area contributed by atoms with Crippen molar-refractivity contribution < 1.29 is 4.79 Å². The Kier molecular flexibility index (Phi) is 4.60. The number of para-hydroxylation sites is 1. The van der Waals surface area contributed by atoms with E-state index in [-0.39, 0.29) is 5.91 Å². The zero-order chi connectivity index (χ0) is 17.8. The van der Waals surface area contributed by atoms with E-state index in [2.05, 4.69) is 21.4 Å². The molecule has 4 rings (SSSR count). The first kappa shape index (κ1) is 16.3. The molecule has 1 aliphatic heterocycles. The van der Waals surface area contributed by atoms with Crippen LogP contribution in [-0.4, -0.2) is 22.4 Å². The van der Waals surface area contributed by atoms with Gasteiger partial charge in [-0.15, -0.1) is 0 Å². The van der Waals surface area contributed by atoms with Crippen molar-refractivity contribution in [1.82, 2.24) is 9.97 Å². The fourth-order valence-electron chi connectivity index (χ4n) is 3.25. The number of nitrogens with one attached hydrogen (secondary N) is 1. The van der Waals surface area contributed by atoms with Crippen molar-refractivity contribution in [3.05, 3.63) is 83.9 Å². The number of anilines is 2. The maximum absolute atomic E-state index is 13.0. The standard InChI is InChI=1S/C21H20N4O/c26-21(25-13-3-5-17-4-1-2-6-20(17)25)19-14-18(9-12-23-19)24-15-16-7-10-22-11-8-16/h1-2,4,6-12,14H,3,5,13,15H2,(H,23,24). The lowest BCUT2D eigenvalue weighted by molar-refractivity contribution is 0.0980. The summed E-state index contributed by atoms with van der Waals surface area (Å²) in [6.45, 7) is 1.40. The highest BCUT2D eigenvalue weighted by atomic mass is 16.2. The molecular formula is C21H20N4O. The molecule has 1 aromatic carbocycles. The number of amides is 1. The van der Waals surface area contributed by atoms with E-state index in [1.807, 2.05) is 47.4 Å². The molecule has 1 amide bonds. The van der Waals surface area contributed by atoms with Gasteiger partial charge in [-0.1, -0.05) is 18.2 Å². The number of aryl methyl sites for hydroxylation is 1. The van der Waals surface area contributed by atoms with Gasteiger partial charge in [0, 0.05) is 43.1 Å². The Balaban J connectivity index is 1.52. The number of fused-ring (bicyclic) bond motifs is 1. The average Bonchev–Trinajstić information content (AvgIpc) is 2.72. The number of hydrogen-bond donors (Lipinski definition) is 1. The molecule has 3 aromatic rings. The smallest absolute Gasteiger partial charge is 0.276 e. The Morgan fingerprint density at radius 1 is 1.08 bits per heavy atom. The minimum absolute atomic E-state index is 0.0512. The molecule has 26 heavy (non-hydrogen) atoms. The SMILES string of the molecule is O=C(c1cc(NCc2ccncc2)ccn1)N1CCCc2ccccc21. The van der Waals surface area contributed by atoms with Gasteiger partial charge < -0.3 is 10.2 Å². The first-order valence-corrected chi connectivity index (χ1v) is 8.80. The van der Waals surface area contributed by atoms with E-state index in [1.165, 1.54) is 5.56 Å². The van der Waals surface area contributed by atoms with Gasteiger partial charge in [-0.05, 0) is 54.3 Å². The van der Waals surface area contributed by atoms with Gasteiger partial charge in [0.2, 0.25) is 0 Å². The minimum Gasteiger partial charge on any atom is -0.381 e. The van der Waals surface area contributed by atoms with Crippen LogP contribution in [0.25, 0.3) is 0 Å². The lowest BCUT2D eigenvalue weighted by Crippen LogP contribution is -2.35. The van der Waals surface area contributed by atoms with Gasteiger partial charge in [0.05, 0.1) is 0 Å². The first-order valence-electron chi connectivity index (χ1n) is 8.80. The lowest BCUT2D eigenvalue weighted by atomic mass is 10.0. The molecule has 0 atom stereocenters. The number of benzene rings is 1. The molecule has 130 valence electrons. The van der Waals surface area contributed by atoms with Gasteiger partial charge in [0.15, 0.2) is 0 Å². The first-order chi connectivity index (χ1) is 12.8. The van der Waals surface area contributed by atoms with E-state index in [1.54, 1.807) is 18.6 Å². The predicted molar refractivity (Wildman–Crippen MR) is 102 cm³/mol. The molecule has 2 aromatic heterocycles. The molecule has 0 bridgehead atoms. The Labute approximate surface area is 152 Å². The molecule has 0 spiro atoms. The molecule has 0 aliphatic carbocycles. The second-order valence-corrected chi connectivity index (χ2v) is 6.33. The van der Waals surface area contributed by atoms with Crippen LogP contribution in [0.15, 0.2) is 67.1 Å². The molecular weight excluding hydrogens is 324 g/mol. The summed E-state index contributed by atoms with van der Waals surface area (Å²) in [4.78, 5) is 23.2. The van der Waals surface area contributed by atoms with E-state index < -0.39 is 0 Å². The van der Waals surface area contributed by atoms with Crippen molar-refractivity contribution in [2.75, 3.05) is 16.8 Å². The van der Waals surface area contributed by atoms with Gasteiger partial charge in [-0.3, -0.25) is 14.8 Å². The predicted octanol–water partition coefficient (Wildman–Crippen LogP) is 3.68. The zero-order valence-electron chi connectivity index (χ0n) is 14.4. The summed E-state index contributed by atoms with van der Waals surface area (Å²) in [5, 5.41) is 3.34. The largest absolute Gasteiger partial charge is 0.381 e. The molecule has 1 aliphatic rings. The fourth-order valence-corrected chi connectivity index (χ4v) is 3.25. The maximum atomic E-state index is 13.0. The number of carbonyl (C=O) groups is 1. The van der Waals surface area contributed by atoms with Gasteiger partial charge in [0.25, 0.3) is 5.91 Å². The molecule has 3 heterocycles. The topological polar surface area (TPSA) is 58.1 Å². The molecule has 1 N–H and O–H groups in total. The summed E-state index contributed by atoms with van der Waals surface area (Å²) in [5.41, 5.74) is 4.70. The number of hydrogen-bond acceptors (Lipinski definition) is 4. The van der Waals surface area contributed by atoms with Crippen molar-refractivity contribution >= 4 is 17.3 Å². The number of pyridine rings is 2. The van der Waals surface area contributed by atoms with Crippen LogP contribution in [-0.2, 0) is 13.0 Å². The summed E-state index contributed by atoms with van der Waals surface area (Å²) in [5.74, 6) is -0.0512. The maximum Gasteiger partial charge on any atom is 0.276 e. The monoisotopic (exact) mass is 344 g/mol. The van der Waals surface area contributed by atoms with Gasteiger partial charge in [-0.25, -0.2) is 0 Å². The third kappa shape index (κ3) is 3.42. The van der Waals surface area contributed by atoms with Crippen LogP contribution in [0.3, 0.4) is 0 Å². The van der Waals surface area contributed by atoms with Crippen LogP contribution >= 0.6 is 0 Å². The number of nitrogens with zero attached hydrogens (tertiary/aromatic N) is 3. The number of carbonyl (C=O) groups excluding carboxylic acids is 1. The molecule has 0 fully saturated rings. The van der Waals surface area contributed by atoms with Crippen LogP contribution in [0.2, 0.25) is 0 Å². The minimum atomic E-state index is -0.0512. The fraction of sp³-hybridized carbons (Fsp3) is 0.190. The summed E-state index contributed by atoms with van der Waals surface area (Å²) in [6, 6.07) is 15.7. The third-order valence-corrected chi connectivity index (χ3v) is 4.58. The van der Waals surface area contributed by atoms with E-state index >= 15 is 0 Å². The van der Waals surface area contributed by atoms with Gasteiger partial charge >= 0.3 is 0 Å². The van der Waals surface area contributed by atoms with Crippen LogP contribution in [0.1, 0.15) is 28.0 Å². The Hall–Kier alpha value is -3.21. The highest BCUT2D eigenvalue weighted by molar-refractivity contribution is 6.05. The molecule has 0 saturated carbocycles. The van der Waals surface area contributed by atoms with Crippen LogP contribution in [0.4, 0.5) is 11.4 Å². The summed E-state index contributed by atoms with van der Waals surface area (Å²) >= 11 is 0. The van der Waals surface area contributed by atoms with Crippen molar-refractivity contribution in [2.24, 2.45) is 0 Å². The van der Waals surface area contributed by atoms with Crippen molar-refractivity contribution in [3.63, 3.8) is 0 Å². The second kappa shape index (κ2) is 7.35. The van der Waals surface area contributed by atoms with E-state index in [9.17, 15) is 4.79 Å². The molecule has 5 nitrogen and oxygen atoms in total. The zero-order valence-corrected chi connectivity index (χ0v) is 14.4. The third-order valence-electron chi connectivity index (χ3n) is 4.58. The Bertz CT molecular complexity index is 911. The normalized spacial score (nSPS) is 13.2. The van der Waals surface area contributed by atoms with Crippen LogP contribution in [0.5, 0.6) is 0 Å². The molecule has 0 unspecified atom stereocenters. The number of rotatable bonds is 4. The van der Waals surface area contributed by atoms with Crippen molar-refractivity contribution in [3.8, 4) is 0 Å². The molecule has 0 saturated heterocycles. The summed E-state index contributed by atoms with van der Waals surface area (Å²) in [7, 11) is 0. The second-order valence-electron chi connectivity index (χ2n) is 6.33. The van der Waals surface area contributed by atoms with Crippen molar-refractivity contribution in [1.29, 1.82) is 0 Å². The van der Waals surface area contributed by atoms with Crippen LogP contribution in [0, 0.1) is 0 Å². The highest BCUT2D eigenvalue weighted by Crippen LogP contribution is 2.28. The lowest BCUT2D eigenvalue weighted by Gasteiger charge is -2.29. The summed E-state index contributed by atoms with van der Waals surface area (Å²) < 4.78 is 0. The average molecular weight is 344 g/mol. The Morgan fingerprint density at radius 3 is 2.81 bits per heavy atom. The Morgan fingerprint density at radius 2 is 1.92 bits per heavy atom.